The molecule has 0 fully saturated rings. The van der Waals surface area contributed by atoms with E-state index < -0.39 is 15.7 Å². The number of carbonyl (C=O) groups excluding carboxylic acids is 1. The lowest BCUT2D eigenvalue weighted by molar-refractivity contribution is 0.0695. The maximum absolute atomic E-state index is 12.7. The summed E-state index contributed by atoms with van der Waals surface area (Å²) in [6.07, 6.45) is 2.80. The quantitative estimate of drug-likeness (QED) is 0.277. The predicted octanol–water partition coefficient (Wildman–Crippen LogP) is 2.72. The maximum atomic E-state index is 12.7. The van der Waals surface area contributed by atoms with Gasteiger partial charge in [-0.15, -0.1) is 0 Å². The number of rotatable bonds is 11. The molecule has 11 heteroatoms. The smallest absolute Gasteiger partial charge is 0.251 e. The SMILES string of the molecule is Cc1ccc(C(=O)NCc2cc3nc(-c4cccc(OCCOCCO)n4)ccc3cn2)cc1S(C)(=O)=O. The normalized spacial score (nSPS) is 11.4. The van der Waals surface area contributed by atoms with E-state index in [1.807, 2.05) is 24.3 Å². The van der Waals surface area contributed by atoms with Gasteiger partial charge in [-0.2, -0.15) is 0 Å². The van der Waals surface area contributed by atoms with Crippen molar-refractivity contribution < 1.29 is 27.8 Å². The summed E-state index contributed by atoms with van der Waals surface area (Å²) in [5.41, 5.74) is 3.40. The lowest BCUT2D eigenvalue weighted by Gasteiger charge is -2.09. The van der Waals surface area contributed by atoms with Gasteiger partial charge < -0.3 is 19.9 Å². The minimum atomic E-state index is -3.45. The van der Waals surface area contributed by atoms with Crippen LogP contribution < -0.4 is 10.1 Å². The molecule has 0 unspecified atom stereocenters. The van der Waals surface area contributed by atoms with Crippen molar-refractivity contribution in [3.05, 3.63) is 77.6 Å². The Morgan fingerprint density at radius 1 is 1.00 bits per heavy atom. The first-order valence-electron chi connectivity index (χ1n) is 11.9. The molecule has 198 valence electrons. The number of pyridine rings is 3. The molecule has 38 heavy (non-hydrogen) atoms. The minimum absolute atomic E-state index is 0.0378. The van der Waals surface area contributed by atoms with Gasteiger partial charge in [0.05, 0.1) is 53.9 Å². The molecule has 3 heterocycles. The lowest BCUT2D eigenvalue weighted by atomic mass is 10.1. The number of carbonyl (C=O) groups is 1. The van der Waals surface area contributed by atoms with Crippen LogP contribution in [0.15, 0.2) is 65.7 Å². The number of sulfone groups is 1. The molecule has 3 aromatic heterocycles. The summed E-state index contributed by atoms with van der Waals surface area (Å²) in [5, 5.41) is 12.4. The number of aryl methyl sites for hydroxylation is 1. The van der Waals surface area contributed by atoms with Gasteiger partial charge in [-0.05, 0) is 48.9 Å². The molecule has 4 rings (SSSR count). The van der Waals surface area contributed by atoms with Crippen molar-refractivity contribution in [2.24, 2.45) is 0 Å². The molecule has 0 spiro atoms. The number of hydrogen-bond donors (Lipinski definition) is 2. The van der Waals surface area contributed by atoms with Crippen LogP contribution in [0.5, 0.6) is 5.88 Å². The van der Waals surface area contributed by atoms with E-state index in [4.69, 9.17) is 19.6 Å². The summed E-state index contributed by atoms with van der Waals surface area (Å²) in [4.78, 5) is 26.4. The van der Waals surface area contributed by atoms with E-state index in [2.05, 4.69) is 15.3 Å². The molecule has 0 aliphatic rings. The first-order chi connectivity index (χ1) is 18.2. The van der Waals surface area contributed by atoms with Crippen LogP contribution >= 0.6 is 0 Å². The Bertz CT molecular complexity index is 1560. The maximum Gasteiger partial charge on any atom is 0.251 e. The summed E-state index contributed by atoms with van der Waals surface area (Å²) in [6, 6.07) is 15.5. The summed E-state index contributed by atoms with van der Waals surface area (Å²) in [5.74, 6) is 0.0338. The highest BCUT2D eigenvalue weighted by Crippen LogP contribution is 2.22. The van der Waals surface area contributed by atoms with Crippen LogP contribution in [0.3, 0.4) is 0 Å². The summed E-state index contributed by atoms with van der Waals surface area (Å²) < 4.78 is 34.8. The highest BCUT2D eigenvalue weighted by Gasteiger charge is 2.15. The number of fused-ring (bicyclic) bond motifs is 1. The standard InChI is InChI=1S/C27H28N4O6S/c1-18-6-7-19(14-25(18)38(2,34)35)27(33)29-17-21-15-24-20(16-28-21)8-9-23(30-24)22-4-3-5-26(31-22)37-13-12-36-11-10-32/h3-9,14-16,32H,10-13,17H2,1-2H3,(H,29,33). The van der Waals surface area contributed by atoms with E-state index >= 15 is 0 Å². The average Bonchev–Trinajstić information content (AvgIpc) is 2.91. The van der Waals surface area contributed by atoms with Crippen molar-refractivity contribution in [1.29, 1.82) is 0 Å². The van der Waals surface area contributed by atoms with Crippen LogP contribution in [-0.4, -0.2) is 67.1 Å². The first-order valence-corrected chi connectivity index (χ1v) is 13.8. The van der Waals surface area contributed by atoms with Gasteiger partial charge in [-0.1, -0.05) is 12.1 Å². The molecule has 0 radical (unpaired) electrons. The molecule has 0 atom stereocenters. The van der Waals surface area contributed by atoms with Crippen LogP contribution in [0, 0.1) is 6.92 Å². The van der Waals surface area contributed by atoms with Crippen LogP contribution in [0.4, 0.5) is 0 Å². The molecule has 0 saturated heterocycles. The lowest BCUT2D eigenvalue weighted by Crippen LogP contribution is -2.23. The molecule has 4 aromatic rings. The van der Waals surface area contributed by atoms with Crippen LogP contribution in [0.1, 0.15) is 21.6 Å². The highest BCUT2D eigenvalue weighted by molar-refractivity contribution is 7.90. The summed E-state index contributed by atoms with van der Waals surface area (Å²) >= 11 is 0. The zero-order chi connectivity index (χ0) is 27.1. The Morgan fingerprint density at radius 3 is 2.61 bits per heavy atom. The molecule has 1 aromatic carbocycles. The van der Waals surface area contributed by atoms with Gasteiger partial charge in [0, 0.05) is 29.5 Å². The van der Waals surface area contributed by atoms with Crippen LogP contribution in [0.2, 0.25) is 0 Å². The number of nitrogens with zero attached hydrogens (tertiary/aromatic N) is 3. The fourth-order valence-electron chi connectivity index (χ4n) is 3.72. The number of nitrogens with one attached hydrogen (secondary N) is 1. The molecule has 10 nitrogen and oxygen atoms in total. The third-order valence-electron chi connectivity index (χ3n) is 5.61. The molecular weight excluding hydrogens is 508 g/mol. The largest absolute Gasteiger partial charge is 0.475 e. The second kappa shape index (κ2) is 12.1. The predicted molar refractivity (Wildman–Crippen MR) is 142 cm³/mol. The third kappa shape index (κ3) is 6.88. The Hall–Kier alpha value is -3.93. The van der Waals surface area contributed by atoms with Gasteiger partial charge in [0.15, 0.2) is 9.84 Å². The van der Waals surface area contributed by atoms with Crippen molar-refractivity contribution in [2.75, 3.05) is 32.7 Å². The number of aliphatic hydroxyl groups excluding tert-OH is 1. The van der Waals surface area contributed by atoms with Gasteiger partial charge >= 0.3 is 0 Å². The Kier molecular flexibility index (Phi) is 8.62. The van der Waals surface area contributed by atoms with Crippen molar-refractivity contribution in [3.8, 4) is 17.3 Å². The molecular formula is C27H28N4O6S. The van der Waals surface area contributed by atoms with E-state index in [0.717, 1.165) is 11.6 Å². The number of hydrogen-bond acceptors (Lipinski definition) is 9. The van der Waals surface area contributed by atoms with E-state index in [0.29, 0.717) is 47.3 Å². The van der Waals surface area contributed by atoms with E-state index in [1.165, 1.54) is 6.07 Å². The van der Waals surface area contributed by atoms with E-state index in [-0.39, 0.29) is 30.2 Å². The topological polar surface area (TPSA) is 141 Å². The molecule has 0 aliphatic carbocycles. The van der Waals surface area contributed by atoms with Gasteiger partial charge in [0.2, 0.25) is 5.88 Å². The van der Waals surface area contributed by atoms with E-state index in [1.54, 1.807) is 37.4 Å². The zero-order valence-corrected chi connectivity index (χ0v) is 21.9. The fraction of sp³-hybridized carbons (Fsp3) is 0.259. The number of aliphatic hydroxyl groups is 1. The number of benzene rings is 1. The minimum Gasteiger partial charge on any atom is -0.475 e. The summed E-state index contributed by atoms with van der Waals surface area (Å²) in [7, 11) is -3.45. The number of aromatic nitrogens is 3. The molecule has 0 bridgehead atoms. The van der Waals surface area contributed by atoms with Gasteiger partial charge in [0.25, 0.3) is 5.91 Å². The van der Waals surface area contributed by atoms with Crippen LogP contribution in [0.25, 0.3) is 22.3 Å². The van der Waals surface area contributed by atoms with Gasteiger partial charge in [-0.25, -0.2) is 18.4 Å². The third-order valence-corrected chi connectivity index (χ3v) is 6.85. The molecule has 0 aliphatic heterocycles. The van der Waals surface area contributed by atoms with Crippen molar-refractivity contribution >= 4 is 26.6 Å². The Morgan fingerprint density at radius 2 is 1.82 bits per heavy atom. The molecule has 0 saturated carbocycles. The average molecular weight is 537 g/mol. The Balaban J connectivity index is 1.46. The van der Waals surface area contributed by atoms with Crippen molar-refractivity contribution in [2.45, 2.75) is 18.4 Å². The van der Waals surface area contributed by atoms with E-state index in [9.17, 15) is 13.2 Å². The number of ether oxygens (including phenoxy) is 2. The zero-order valence-electron chi connectivity index (χ0n) is 21.0. The highest BCUT2D eigenvalue weighted by atomic mass is 32.2. The van der Waals surface area contributed by atoms with Gasteiger partial charge in [0.1, 0.15) is 6.61 Å². The summed E-state index contributed by atoms with van der Waals surface area (Å²) in [6.45, 7) is 2.70. The fourth-order valence-corrected chi connectivity index (χ4v) is 4.71. The number of amides is 1. The van der Waals surface area contributed by atoms with Crippen molar-refractivity contribution in [3.63, 3.8) is 0 Å². The van der Waals surface area contributed by atoms with Crippen molar-refractivity contribution in [1.82, 2.24) is 20.3 Å². The second-order valence-corrected chi connectivity index (χ2v) is 10.5. The monoisotopic (exact) mass is 536 g/mol. The van der Waals surface area contributed by atoms with Crippen LogP contribution in [-0.2, 0) is 21.1 Å². The Labute approximate surface area is 220 Å². The second-order valence-electron chi connectivity index (χ2n) is 8.55. The van der Waals surface area contributed by atoms with Gasteiger partial charge in [-0.3, -0.25) is 9.78 Å². The first kappa shape index (κ1) is 27.1. The molecule has 2 N–H and O–H groups in total. The molecule has 1 amide bonds.